The zero-order chi connectivity index (χ0) is 46.5. The second-order valence-electron chi connectivity index (χ2n) is 15.4. The Balaban J connectivity index is 1.09. The quantitative estimate of drug-likeness (QED) is 0.0407. The Hall–Kier alpha value is -6.60. The number of rotatable bonds is 21. The number of ether oxygens (including phenoxy) is 2. The lowest BCUT2D eigenvalue weighted by Crippen LogP contribution is -2.67. The van der Waals surface area contributed by atoms with Crippen LogP contribution in [0.5, 0.6) is 0 Å². The van der Waals surface area contributed by atoms with Crippen LogP contribution in [0.25, 0.3) is 11.2 Å². The molecule has 2 aromatic heterocycles. The molecule has 0 radical (unpaired) electrons. The second-order valence-corrected chi connectivity index (χ2v) is 15.4. The van der Waals surface area contributed by atoms with Crippen LogP contribution in [-0.4, -0.2) is 150 Å². The molecule has 2 aliphatic heterocycles. The van der Waals surface area contributed by atoms with Crippen molar-refractivity contribution in [2.45, 2.75) is 102 Å². The van der Waals surface area contributed by atoms with E-state index >= 15 is 0 Å². The number of unbranched alkanes of at least 4 members (excludes halogenated alkanes) is 1. The summed E-state index contributed by atoms with van der Waals surface area (Å²) in [6.07, 6.45) is -0.890. The summed E-state index contributed by atoms with van der Waals surface area (Å²) >= 11 is 0. The number of alkyl carbamates (subject to hydrolysis) is 1. The first kappa shape index (κ1) is 48.4. The van der Waals surface area contributed by atoms with Crippen molar-refractivity contribution in [3.63, 3.8) is 0 Å². The van der Waals surface area contributed by atoms with E-state index in [2.05, 4.69) is 51.8 Å². The molecule has 8 atom stereocenters. The monoisotopic (exact) mass is 894 g/mol. The van der Waals surface area contributed by atoms with E-state index in [0.29, 0.717) is 41.8 Å². The molecule has 7 amide bonds. The molecule has 0 bridgehead atoms. The van der Waals surface area contributed by atoms with Crippen LogP contribution in [0.15, 0.2) is 49.1 Å². The number of fused-ring (bicyclic) bond motifs is 1. The van der Waals surface area contributed by atoms with E-state index in [1.165, 1.54) is 19.6 Å². The van der Waals surface area contributed by atoms with Crippen molar-refractivity contribution in [2.24, 2.45) is 11.7 Å². The van der Waals surface area contributed by atoms with Crippen molar-refractivity contribution < 1.29 is 58.4 Å². The molecule has 346 valence electrons. The Morgan fingerprint density at radius 2 is 1.64 bits per heavy atom. The maximum absolute atomic E-state index is 13.6. The first-order chi connectivity index (χ1) is 30.6. The summed E-state index contributed by atoms with van der Waals surface area (Å²) in [7, 11) is 0. The van der Waals surface area contributed by atoms with Crippen LogP contribution in [0.1, 0.15) is 52.0 Å². The van der Waals surface area contributed by atoms with E-state index in [9.17, 15) is 48.9 Å². The predicted octanol–water partition coefficient (Wildman–Crippen LogP) is -1.99. The van der Waals surface area contributed by atoms with Gasteiger partial charge in [0.1, 0.15) is 54.9 Å². The average molecular weight is 895 g/mol. The first-order valence-electron chi connectivity index (χ1n) is 20.6. The van der Waals surface area contributed by atoms with Gasteiger partial charge in [-0.25, -0.2) is 19.7 Å². The highest BCUT2D eigenvalue weighted by atomic mass is 16.6. The molecule has 0 spiro atoms. The third-order valence-electron chi connectivity index (χ3n) is 10.4. The lowest BCUT2D eigenvalue weighted by Gasteiger charge is -2.43. The molecule has 4 heterocycles. The molecule has 1 fully saturated rings. The smallest absolute Gasteiger partial charge is 0.408 e. The standard InChI is InChI=1S/C40H54N12O12/c1-20(2)29(49-26(54)13-15-52-27(55)11-12-28(52)56)38(61)46-21(3)36(59)47-23-9-7-22(8-10-23)17-63-40(62)48-24(6-4-5-14-41)37(60)50-30-25(16-53)64-39(33(58)32(30)57)51-35-31-34(43-18-42-31)44-19-45-35/h7-12,18-21,24-25,29-30,32-33,39,53,57-58H,4-6,13-17,41H2,1-3H3,(H,46,61)(H,47,59)(H,48,62)(H,49,54)(H,50,60)(H2,42,43,44,45,51)/t21-,24+,25-,29-,30-,32+,33-,39-/m0/s1. The fraction of sp³-hybridized carbons (Fsp3) is 0.500. The number of aliphatic hydroxyl groups excluding tert-OH is 3. The van der Waals surface area contributed by atoms with Crippen LogP contribution in [0.4, 0.5) is 16.3 Å². The molecule has 1 aromatic carbocycles. The molecule has 5 rings (SSSR count). The molecule has 0 saturated carbocycles. The number of hydrogen-bond acceptors (Lipinski definition) is 17. The SMILES string of the molecule is CC(C)[C@H](NC(=O)CCN1C(=O)C=CC1=O)C(=O)N[C@@H](C)C(=O)Nc1ccc(COC(=O)N[C@H](CCCCN)C(=O)N[C@@H]2[C@@H](O)[C@H](O)[C@@H](Nc3ncnc4nc[nH]c34)O[C@H]2CO)cc1. The number of benzene rings is 1. The van der Waals surface area contributed by atoms with Crippen LogP contribution < -0.4 is 37.6 Å². The number of nitrogens with one attached hydrogen (secondary N) is 7. The third kappa shape index (κ3) is 12.7. The molecular formula is C40H54N12O12. The number of carbonyl (C=O) groups excluding carboxylic acids is 7. The van der Waals surface area contributed by atoms with Crippen molar-refractivity contribution in [1.29, 1.82) is 0 Å². The molecule has 12 N–H and O–H groups in total. The third-order valence-corrected chi connectivity index (χ3v) is 10.4. The number of nitrogens with zero attached hydrogens (tertiary/aromatic N) is 4. The Kier molecular flexibility index (Phi) is 17.1. The first-order valence-corrected chi connectivity index (χ1v) is 20.6. The van der Waals surface area contributed by atoms with Crippen LogP contribution in [0.2, 0.25) is 0 Å². The summed E-state index contributed by atoms with van der Waals surface area (Å²) in [6, 6.07) is 1.76. The molecule has 24 heteroatoms. The van der Waals surface area contributed by atoms with E-state index in [1.54, 1.807) is 38.1 Å². The summed E-state index contributed by atoms with van der Waals surface area (Å²) in [6.45, 7) is 4.17. The second kappa shape index (κ2) is 22.7. The van der Waals surface area contributed by atoms with Crippen LogP contribution in [0, 0.1) is 5.92 Å². The van der Waals surface area contributed by atoms with Gasteiger partial charge in [0.05, 0.1) is 19.0 Å². The molecular weight excluding hydrogens is 841 g/mol. The normalized spacial score (nSPS) is 20.9. The van der Waals surface area contributed by atoms with Crippen molar-refractivity contribution in [2.75, 3.05) is 30.3 Å². The summed E-state index contributed by atoms with van der Waals surface area (Å²) in [5.41, 5.74) is 7.27. The van der Waals surface area contributed by atoms with Gasteiger partial charge in [-0.2, -0.15) is 0 Å². The maximum atomic E-state index is 13.6. The zero-order valence-corrected chi connectivity index (χ0v) is 35.4. The summed E-state index contributed by atoms with van der Waals surface area (Å²) in [5.74, 6) is -3.68. The highest BCUT2D eigenvalue weighted by Crippen LogP contribution is 2.25. The van der Waals surface area contributed by atoms with Crippen molar-refractivity contribution in [3.8, 4) is 0 Å². The number of aromatic nitrogens is 4. The molecule has 0 unspecified atom stereocenters. The topological polar surface area (TPSA) is 355 Å². The van der Waals surface area contributed by atoms with Crippen LogP contribution in [-0.2, 0) is 44.8 Å². The average Bonchev–Trinajstić information content (AvgIpc) is 3.89. The highest BCUT2D eigenvalue weighted by Gasteiger charge is 2.46. The van der Waals surface area contributed by atoms with E-state index in [-0.39, 0.29) is 37.7 Å². The Labute approximate surface area is 366 Å². The van der Waals surface area contributed by atoms with E-state index in [1.807, 2.05) is 0 Å². The Morgan fingerprint density at radius 1 is 0.922 bits per heavy atom. The van der Waals surface area contributed by atoms with Gasteiger partial charge < -0.3 is 67.4 Å². The minimum atomic E-state index is -1.63. The Bertz CT molecular complexity index is 2150. The number of anilines is 2. The van der Waals surface area contributed by atoms with Gasteiger partial charge in [-0.3, -0.25) is 33.7 Å². The van der Waals surface area contributed by atoms with E-state index < -0.39 is 96.9 Å². The number of nitrogens with two attached hydrogens (primary N) is 1. The molecule has 3 aromatic rings. The number of amides is 7. The lowest BCUT2D eigenvalue weighted by atomic mass is 9.94. The van der Waals surface area contributed by atoms with Gasteiger partial charge in [0, 0.05) is 30.8 Å². The fourth-order valence-electron chi connectivity index (χ4n) is 6.74. The zero-order valence-electron chi connectivity index (χ0n) is 35.4. The molecule has 0 aliphatic carbocycles. The number of carbonyl (C=O) groups is 7. The van der Waals surface area contributed by atoms with Gasteiger partial charge in [-0.15, -0.1) is 0 Å². The molecule has 24 nitrogen and oxygen atoms in total. The maximum Gasteiger partial charge on any atom is 0.408 e. The fourth-order valence-corrected chi connectivity index (χ4v) is 6.74. The predicted molar refractivity (Wildman–Crippen MR) is 225 cm³/mol. The molecule has 2 aliphatic rings. The van der Waals surface area contributed by atoms with Gasteiger partial charge in [0.25, 0.3) is 11.8 Å². The number of hydrogen-bond donors (Lipinski definition) is 11. The number of H-pyrrole nitrogens is 1. The van der Waals surface area contributed by atoms with Crippen molar-refractivity contribution in [1.82, 2.24) is 46.1 Å². The number of aliphatic hydroxyl groups is 3. The number of aromatic amines is 1. The highest BCUT2D eigenvalue weighted by molar-refractivity contribution is 6.13. The summed E-state index contributed by atoms with van der Waals surface area (Å²) in [4.78, 5) is 105. The van der Waals surface area contributed by atoms with E-state index in [0.717, 1.165) is 17.1 Å². The summed E-state index contributed by atoms with van der Waals surface area (Å²) < 4.78 is 11.2. The number of imide groups is 1. The Morgan fingerprint density at radius 3 is 2.31 bits per heavy atom. The lowest BCUT2D eigenvalue weighted by molar-refractivity contribution is -0.185. The van der Waals surface area contributed by atoms with E-state index in [4.69, 9.17) is 15.2 Å². The van der Waals surface area contributed by atoms with Gasteiger partial charge in [-0.05, 0) is 56.3 Å². The van der Waals surface area contributed by atoms with Gasteiger partial charge in [0.15, 0.2) is 17.7 Å². The minimum absolute atomic E-state index is 0.134. The van der Waals surface area contributed by atoms with Crippen LogP contribution >= 0.6 is 0 Å². The van der Waals surface area contributed by atoms with Gasteiger partial charge in [-0.1, -0.05) is 26.0 Å². The summed E-state index contributed by atoms with van der Waals surface area (Å²) in [5, 5.41) is 48.0. The van der Waals surface area contributed by atoms with Crippen molar-refractivity contribution in [3.05, 3.63) is 54.6 Å². The van der Waals surface area contributed by atoms with Gasteiger partial charge >= 0.3 is 6.09 Å². The minimum Gasteiger partial charge on any atom is -0.445 e. The molecule has 1 saturated heterocycles. The van der Waals surface area contributed by atoms with Crippen LogP contribution in [0.3, 0.4) is 0 Å². The molecule has 64 heavy (non-hydrogen) atoms. The van der Waals surface area contributed by atoms with Gasteiger partial charge in [0.2, 0.25) is 23.6 Å². The largest absolute Gasteiger partial charge is 0.445 e. The van der Waals surface area contributed by atoms with Crippen molar-refractivity contribution >= 4 is 64.2 Å². The number of imidazole rings is 1.